The van der Waals surface area contributed by atoms with Crippen molar-refractivity contribution in [3.8, 4) is 0 Å². The predicted octanol–water partition coefficient (Wildman–Crippen LogP) is 1.31. The standard InChI is InChI=1S/C11H16N6O/c1-3-4-8-15-10(12)7(2)11(16-8)13-5-9-14-6-18-17-9/h6H,3-5H2,1-2H3,(H3,12,13,15,16). The Morgan fingerprint density at radius 2 is 2.17 bits per heavy atom. The summed E-state index contributed by atoms with van der Waals surface area (Å²) < 4.78 is 4.66. The highest BCUT2D eigenvalue weighted by Gasteiger charge is 2.09. The number of nitrogens with zero attached hydrogens (tertiary/aromatic N) is 4. The fourth-order valence-corrected chi connectivity index (χ4v) is 1.52. The number of rotatable bonds is 5. The molecular formula is C11H16N6O. The average molecular weight is 248 g/mol. The van der Waals surface area contributed by atoms with Gasteiger partial charge in [0.15, 0.2) is 5.82 Å². The first-order valence-corrected chi connectivity index (χ1v) is 5.82. The van der Waals surface area contributed by atoms with Gasteiger partial charge in [-0.25, -0.2) is 9.97 Å². The second-order valence-corrected chi connectivity index (χ2v) is 3.95. The maximum atomic E-state index is 5.86. The SMILES string of the molecule is CCCc1nc(N)c(C)c(NCc2ncon2)n1. The summed E-state index contributed by atoms with van der Waals surface area (Å²) in [7, 11) is 0. The summed E-state index contributed by atoms with van der Waals surface area (Å²) in [6.45, 7) is 4.40. The zero-order chi connectivity index (χ0) is 13.0. The number of aromatic nitrogens is 4. The van der Waals surface area contributed by atoms with Gasteiger partial charge in [0.2, 0.25) is 6.39 Å². The van der Waals surface area contributed by atoms with Crippen LogP contribution in [0.5, 0.6) is 0 Å². The van der Waals surface area contributed by atoms with Crippen molar-refractivity contribution in [3.63, 3.8) is 0 Å². The summed E-state index contributed by atoms with van der Waals surface area (Å²) in [4.78, 5) is 12.6. The van der Waals surface area contributed by atoms with E-state index in [2.05, 4.69) is 36.9 Å². The molecule has 0 unspecified atom stereocenters. The zero-order valence-electron chi connectivity index (χ0n) is 10.5. The van der Waals surface area contributed by atoms with E-state index in [9.17, 15) is 0 Å². The Hall–Kier alpha value is -2.18. The lowest BCUT2D eigenvalue weighted by atomic mass is 10.2. The Balaban J connectivity index is 2.15. The van der Waals surface area contributed by atoms with Crippen molar-refractivity contribution in [2.24, 2.45) is 0 Å². The number of nitrogen functional groups attached to an aromatic ring is 1. The van der Waals surface area contributed by atoms with Gasteiger partial charge in [-0.3, -0.25) is 0 Å². The van der Waals surface area contributed by atoms with Crippen LogP contribution in [0.2, 0.25) is 0 Å². The molecule has 7 heteroatoms. The Morgan fingerprint density at radius 3 is 2.83 bits per heavy atom. The molecule has 0 aromatic carbocycles. The monoisotopic (exact) mass is 248 g/mol. The highest BCUT2D eigenvalue weighted by atomic mass is 16.5. The maximum Gasteiger partial charge on any atom is 0.213 e. The molecule has 0 saturated carbocycles. The van der Waals surface area contributed by atoms with Crippen LogP contribution < -0.4 is 11.1 Å². The van der Waals surface area contributed by atoms with Crippen molar-refractivity contribution in [3.05, 3.63) is 23.6 Å². The van der Waals surface area contributed by atoms with Gasteiger partial charge in [0.05, 0.1) is 6.54 Å². The Morgan fingerprint density at radius 1 is 1.33 bits per heavy atom. The number of nitrogens with two attached hydrogens (primary N) is 1. The van der Waals surface area contributed by atoms with E-state index in [0.717, 1.165) is 30.0 Å². The van der Waals surface area contributed by atoms with Gasteiger partial charge in [-0.2, -0.15) is 4.98 Å². The van der Waals surface area contributed by atoms with Crippen LogP contribution in [0.25, 0.3) is 0 Å². The third-order valence-electron chi connectivity index (χ3n) is 2.52. The molecule has 0 spiro atoms. The van der Waals surface area contributed by atoms with Crippen LogP contribution in [-0.2, 0) is 13.0 Å². The van der Waals surface area contributed by atoms with Gasteiger partial charge in [-0.1, -0.05) is 12.1 Å². The number of nitrogens with one attached hydrogen (secondary N) is 1. The molecule has 0 fully saturated rings. The van der Waals surface area contributed by atoms with Crippen molar-refractivity contribution >= 4 is 11.6 Å². The molecule has 0 aliphatic heterocycles. The van der Waals surface area contributed by atoms with E-state index in [-0.39, 0.29) is 0 Å². The first-order valence-electron chi connectivity index (χ1n) is 5.82. The van der Waals surface area contributed by atoms with E-state index in [1.807, 2.05) is 6.92 Å². The van der Waals surface area contributed by atoms with E-state index in [0.29, 0.717) is 18.2 Å². The molecule has 2 aromatic heterocycles. The fraction of sp³-hybridized carbons (Fsp3) is 0.455. The highest BCUT2D eigenvalue weighted by molar-refractivity contribution is 5.54. The molecule has 7 nitrogen and oxygen atoms in total. The van der Waals surface area contributed by atoms with E-state index >= 15 is 0 Å². The molecule has 2 heterocycles. The molecule has 0 saturated heterocycles. The Labute approximate surface area is 105 Å². The van der Waals surface area contributed by atoms with E-state index < -0.39 is 0 Å². The Kier molecular flexibility index (Phi) is 3.71. The zero-order valence-corrected chi connectivity index (χ0v) is 10.5. The number of anilines is 2. The lowest BCUT2D eigenvalue weighted by Gasteiger charge is -2.10. The summed E-state index contributed by atoms with van der Waals surface area (Å²) in [6, 6.07) is 0. The first kappa shape index (κ1) is 12.3. The smallest absolute Gasteiger partial charge is 0.213 e. The molecule has 2 rings (SSSR count). The molecule has 2 aromatic rings. The van der Waals surface area contributed by atoms with Crippen LogP contribution in [0.4, 0.5) is 11.6 Å². The molecule has 0 amide bonds. The summed E-state index contributed by atoms with van der Waals surface area (Å²) in [5.41, 5.74) is 6.69. The van der Waals surface area contributed by atoms with Gasteiger partial charge in [-0.15, -0.1) is 0 Å². The van der Waals surface area contributed by atoms with Crippen LogP contribution in [0, 0.1) is 6.92 Å². The summed E-state index contributed by atoms with van der Waals surface area (Å²) in [5, 5.41) is 6.86. The molecule has 96 valence electrons. The molecule has 0 aliphatic carbocycles. The van der Waals surface area contributed by atoms with E-state index in [1.54, 1.807) is 0 Å². The highest BCUT2D eigenvalue weighted by Crippen LogP contribution is 2.18. The van der Waals surface area contributed by atoms with Crippen molar-refractivity contribution in [2.45, 2.75) is 33.2 Å². The maximum absolute atomic E-state index is 5.86. The number of hydrogen-bond acceptors (Lipinski definition) is 7. The van der Waals surface area contributed by atoms with Gasteiger partial charge in [-0.05, 0) is 13.3 Å². The van der Waals surface area contributed by atoms with Crippen LogP contribution in [0.1, 0.15) is 30.6 Å². The van der Waals surface area contributed by atoms with Crippen LogP contribution >= 0.6 is 0 Å². The quantitative estimate of drug-likeness (QED) is 0.822. The summed E-state index contributed by atoms with van der Waals surface area (Å²) >= 11 is 0. The Bertz CT molecular complexity index is 511. The molecule has 0 atom stereocenters. The minimum atomic E-state index is 0.444. The predicted molar refractivity (Wildman–Crippen MR) is 66.8 cm³/mol. The molecule has 0 radical (unpaired) electrons. The van der Waals surface area contributed by atoms with E-state index in [4.69, 9.17) is 5.73 Å². The van der Waals surface area contributed by atoms with Crippen molar-refractivity contribution in [2.75, 3.05) is 11.1 Å². The summed E-state index contributed by atoms with van der Waals surface area (Å²) in [6.07, 6.45) is 3.08. The molecule has 0 bridgehead atoms. The van der Waals surface area contributed by atoms with Gasteiger partial charge >= 0.3 is 0 Å². The minimum Gasteiger partial charge on any atom is -0.383 e. The third-order valence-corrected chi connectivity index (χ3v) is 2.52. The van der Waals surface area contributed by atoms with Crippen LogP contribution in [0.3, 0.4) is 0 Å². The van der Waals surface area contributed by atoms with Crippen LogP contribution in [-0.4, -0.2) is 20.1 Å². The number of aryl methyl sites for hydroxylation is 1. The molecule has 0 aliphatic rings. The number of hydrogen-bond donors (Lipinski definition) is 2. The second-order valence-electron chi connectivity index (χ2n) is 3.95. The topological polar surface area (TPSA) is 103 Å². The third kappa shape index (κ3) is 2.73. The fourth-order valence-electron chi connectivity index (χ4n) is 1.52. The molecular weight excluding hydrogens is 232 g/mol. The normalized spacial score (nSPS) is 10.6. The largest absolute Gasteiger partial charge is 0.383 e. The van der Waals surface area contributed by atoms with Crippen molar-refractivity contribution < 1.29 is 4.52 Å². The van der Waals surface area contributed by atoms with Crippen LogP contribution in [0.15, 0.2) is 10.9 Å². The molecule has 18 heavy (non-hydrogen) atoms. The first-order chi connectivity index (χ1) is 8.70. The second kappa shape index (κ2) is 5.44. The lowest BCUT2D eigenvalue weighted by molar-refractivity contribution is 0.411. The average Bonchev–Trinajstić information content (AvgIpc) is 2.85. The van der Waals surface area contributed by atoms with E-state index in [1.165, 1.54) is 6.39 Å². The molecule has 3 N–H and O–H groups in total. The van der Waals surface area contributed by atoms with Crippen molar-refractivity contribution in [1.82, 2.24) is 20.1 Å². The minimum absolute atomic E-state index is 0.444. The van der Waals surface area contributed by atoms with Gasteiger partial charge in [0.25, 0.3) is 0 Å². The van der Waals surface area contributed by atoms with Gasteiger partial charge < -0.3 is 15.6 Å². The van der Waals surface area contributed by atoms with Gasteiger partial charge in [0.1, 0.15) is 17.5 Å². The summed E-state index contributed by atoms with van der Waals surface area (Å²) in [5.74, 6) is 2.54. The van der Waals surface area contributed by atoms with Gasteiger partial charge in [0, 0.05) is 12.0 Å². The lowest BCUT2D eigenvalue weighted by Crippen LogP contribution is -2.10. The van der Waals surface area contributed by atoms with Crippen molar-refractivity contribution in [1.29, 1.82) is 0 Å².